The predicted octanol–water partition coefficient (Wildman–Crippen LogP) is 6.06. The molecule has 1 aliphatic rings. The minimum absolute atomic E-state index is 0.0109. The first-order chi connectivity index (χ1) is 16.6. The van der Waals surface area contributed by atoms with E-state index in [1.165, 1.54) is 19.2 Å². The van der Waals surface area contributed by atoms with E-state index in [0.29, 0.717) is 28.2 Å². The van der Waals surface area contributed by atoms with Crippen molar-refractivity contribution in [1.82, 2.24) is 4.98 Å². The number of methoxy groups -OCH3 is 1. The fourth-order valence-corrected chi connectivity index (χ4v) is 4.57. The Morgan fingerprint density at radius 3 is 2.57 bits per heavy atom. The molecule has 35 heavy (non-hydrogen) atoms. The van der Waals surface area contributed by atoms with E-state index in [1.54, 1.807) is 23.1 Å². The maximum atomic E-state index is 14.0. The topological polar surface area (TPSA) is 97.6 Å². The minimum Gasteiger partial charge on any atom is -0.469 e. The normalized spacial score (nSPS) is 14.7. The molecule has 0 unspecified atom stereocenters. The third-order valence-electron chi connectivity index (χ3n) is 5.95. The highest BCUT2D eigenvalue weighted by molar-refractivity contribution is 9.10. The Bertz CT molecular complexity index is 1290. The van der Waals surface area contributed by atoms with E-state index in [9.17, 15) is 28.1 Å². The first-order valence-corrected chi connectivity index (χ1v) is 11.4. The second-order valence-corrected chi connectivity index (χ2v) is 8.99. The molecule has 0 atom stereocenters. The molecule has 1 aromatic heterocycles. The van der Waals surface area contributed by atoms with Crippen LogP contribution < -0.4 is 10.2 Å². The summed E-state index contributed by atoms with van der Waals surface area (Å²) in [5.74, 6) is -0.704. The molecule has 4 rings (SSSR count). The second-order valence-electron chi connectivity index (χ2n) is 8.08. The van der Waals surface area contributed by atoms with Gasteiger partial charge in [-0.1, -0.05) is 15.9 Å². The number of fused-ring (bicyclic) bond motifs is 1. The summed E-state index contributed by atoms with van der Waals surface area (Å²) in [7, 11) is 1.29. The SMILES string of the molecule is COC(=O)C1CCN(c2ccc(Nc3c([N+](=O)[O-])cnc4ccc(Br)cc34)cc2C(F)(F)F)CC1. The number of esters is 1. The Hall–Kier alpha value is -3.41. The van der Waals surface area contributed by atoms with E-state index in [1.807, 2.05) is 0 Å². The maximum absolute atomic E-state index is 14.0. The van der Waals surface area contributed by atoms with Crippen LogP contribution in [0.2, 0.25) is 0 Å². The lowest BCUT2D eigenvalue weighted by Crippen LogP contribution is -2.37. The Morgan fingerprint density at radius 2 is 1.94 bits per heavy atom. The molecule has 0 amide bonds. The van der Waals surface area contributed by atoms with Gasteiger partial charge in [-0.2, -0.15) is 13.2 Å². The molecule has 0 radical (unpaired) electrons. The predicted molar refractivity (Wildman–Crippen MR) is 128 cm³/mol. The quantitative estimate of drug-likeness (QED) is 0.233. The number of nitrogens with zero attached hydrogens (tertiary/aromatic N) is 3. The standard InChI is InChI=1S/C23H20BrF3N4O4/c1-35-22(32)13-6-8-30(9-7-13)19-5-3-15(11-17(19)23(25,26)27)29-21-16-10-14(24)2-4-18(16)28-12-20(21)31(33)34/h2-5,10-13H,6-9H2,1H3,(H,28,29). The summed E-state index contributed by atoms with van der Waals surface area (Å²) < 4.78 is 47.5. The third-order valence-corrected chi connectivity index (χ3v) is 6.44. The number of ether oxygens (including phenoxy) is 1. The van der Waals surface area contributed by atoms with Gasteiger partial charge >= 0.3 is 17.8 Å². The molecule has 12 heteroatoms. The smallest absolute Gasteiger partial charge is 0.418 e. The second kappa shape index (κ2) is 9.68. The number of hydrogen-bond acceptors (Lipinski definition) is 7. The van der Waals surface area contributed by atoms with Gasteiger partial charge in [0.1, 0.15) is 11.9 Å². The van der Waals surface area contributed by atoms with Crippen molar-refractivity contribution in [3.05, 3.63) is 62.7 Å². The highest BCUT2D eigenvalue weighted by Crippen LogP contribution is 2.41. The average Bonchev–Trinajstić information content (AvgIpc) is 2.83. The van der Waals surface area contributed by atoms with E-state index in [0.717, 1.165) is 12.3 Å². The van der Waals surface area contributed by atoms with Gasteiger partial charge in [0.25, 0.3) is 0 Å². The van der Waals surface area contributed by atoms with E-state index in [2.05, 4.69) is 26.2 Å². The van der Waals surface area contributed by atoms with E-state index >= 15 is 0 Å². The van der Waals surface area contributed by atoms with E-state index in [-0.39, 0.29) is 47.7 Å². The van der Waals surface area contributed by atoms with Crippen molar-refractivity contribution >= 4 is 55.6 Å². The van der Waals surface area contributed by atoms with Crippen LogP contribution in [0.3, 0.4) is 0 Å². The number of anilines is 3. The van der Waals surface area contributed by atoms with Crippen molar-refractivity contribution < 1.29 is 27.6 Å². The van der Waals surface area contributed by atoms with Crippen LogP contribution in [-0.2, 0) is 15.7 Å². The summed E-state index contributed by atoms with van der Waals surface area (Å²) >= 11 is 3.31. The Labute approximate surface area is 206 Å². The zero-order valence-corrected chi connectivity index (χ0v) is 20.0. The highest BCUT2D eigenvalue weighted by Gasteiger charge is 2.37. The zero-order chi connectivity index (χ0) is 25.3. The number of alkyl halides is 3. The molecule has 1 saturated heterocycles. The number of carbonyl (C=O) groups excluding carboxylic acids is 1. The molecule has 8 nitrogen and oxygen atoms in total. The molecule has 2 heterocycles. The lowest BCUT2D eigenvalue weighted by molar-refractivity contribution is -0.384. The van der Waals surface area contributed by atoms with Crippen molar-refractivity contribution in [2.75, 3.05) is 30.4 Å². The summed E-state index contributed by atoms with van der Waals surface area (Å²) in [6, 6.07) is 8.71. The number of hydrogen-bond donors (Lipinski definition) is 1. The van der Waals surface area contributed by atoms with Gasteiger partial charge in [0, 0.05) is 34.3 Å². The van der Waals surface area contributed by atoms with Gasteiger partial charge in [-0.25, -0.2) is 4.98 Å². The summed E-state index contributed by atoms with van der Waals surface area (Å²) in [6.45, 7) is 0.536. The summed E-state index contributed by atoms with van der Waals surface area (Å²) in [5.41, 5.74) is -0.716. The molecule has 0 spiro atoms. The Balaban J connectivity index is 1.71. The van der Waals surface area contributed by atoms with Crippen molar-refractivity contribution in [2.45, 2.75) is 19.0 Å². The largest absolute Gasteiger partial charge is 0.469 e. The fourth-order valence-electron chi connectivity index (χ4n) is 4.21. The van der Waals surface area contributed by atoms with Crippen molar-refractivity contribution in [3.63, 3.8) is 0 Å². The number of nitro groups is 1. The molecule has 2 aromatic carbocycles. The molecule has 3 aromatic rings. The van der Waals surface area contributed by atoms with Crippen molar-refractivity contribution in [3.8, 4) is 0 Å². The Kier molecular flexibility index (Phi) is 6.84. The Morgan fingerprint density at radius 1 is 1.23 bits per heavy atom. The number of benzene rings is 2. The van der Waals surface area contributed by atoms with Crippen LogP contribution in [0, 0.1) is 16.0 Å². The van der Waals surface area contributed by atoms with Gasteiger partial charge in [0.2, 0.25) is 0 Å². The summed E-state index contributed by atoms with van der Waals surface area (Å²) in [5, 5.41) is 14.8. The molecule has 0 aliphatic carbocycles. The number of pyridine rings is 1. The number of nitrogens with one attached hydrogen (secondary N) is 1. The number of rotatable bonds is 5. The maximum Gasteiger partial charge on any atom is 0.418 e. The monoisotopic (exact) mass is 552 g/mol. The van der Waals surface area contributed by atoms with Crippen LogP contribution in [0.4, 0.5) is 35.9 Å². The lowest BCUT2D eigenvalue weighted by atomic mass is 9.96. The first-order valence-electron chi connectivity index (χ1n) is 10.6. The van der Waals surface area contributed by atoms with Gasteiger partial charge in [0.15, 0.2) is 0 Å². The molecule has 1 fully saturated rings. The molecule has 1 aliphatic heterocycles. The van der Waals surface area contributed by atoms with Gasteiger partial charge in [-0.3, -0.25) is 14.9 Å². The van der Waals surface area contributed by atoms with Gasteiger partial charge in [0.05, 0.1) is 29.0 Å². The van der Waals surface area contributed by atoms with Crippen molar-refractivity contribution in [2.24, 2.45) is 5.92 Å². The van der Waals surface area contributed by atoms with Gasteiger partial charge in [-0.05, 0) is 49.2 Å². The van der Waals surface area contributed by atoms with Crippen LogP contribution in [0.1, 0.15) is 18.4 Å². The number of piperidine rings is 1. The third kappa shape index (κ3) is 5.16. The molecular weight excluding hydrogens is 533 g/mol. The van der Waals surface area contributed by atoms with Crippen molar-refractivity contribution in [1.29, 1.82) is 0 Å². The zero-order valence-electron chi connectivity index (χ0n) is 18.4. The van der Waals surface area contributed by atoms with Crippen LogP contribution in [0.25, 0.3) is 10.9 Å². The molecule has 1 N–H and O–H groups in total. The molecule has 0 saturated carbocycles. The number of aromatic nitrogens is 1. The van der Waals surface area contributed by atoms with E-state index < -0.39 is 16.7 Å². The lowest BCUT2D eigenvalue weighted by Gasteiger charge is -2.34. The molecule has 184 valence electrons. The summed E-state index contributed by atoms with van der Waals surface area (Å²) in [6.07, 6.45) is -2.83. The van der Waals surface area contributed by atoms with E-state index in [4.69, 9.17) is 4.74 Å². The van der Waals surface area contributed by atoms with Gasteiger partial charge < -0.3 is 15.0 Å². The summed E-state index contributed by atoms with van der Waals surface area (Å²) in [4.78, 5) is 28.4. The molecular formula is C23H20BrF3N4O4. The molecule has 0 bridgehead atoms. The van der Waals surface area contributed by atoms with Crippen LogP contribution in [0.5, 0.6) is 0 Å². The minimum atomic E-state index is -4.67. The average molecular weight is 553 g/mol. The highest BCUT2D eigenvalue weighted by atomic mass is 79.9. The first kappa shape index (κ1) is 24.7. The van der Waals surface area contributed by atoms with Crippen LogP contribution in [-0.4, -0.2) is 36.1 Å². The van der Waals surface area contributed by atoms with Crippen LogP contribution in [0.15, 0.2) is 47.1 Å². The number of carbonyl (C=O) groups is 1. The van der Waals surface area contributed by atoms with Crippen LogP contribution >= 0.6 is 15.9 Å². The fraction of sp³-hybridized carbons (Fsp3) is 0.304. The van der Waals surface area contributed by atoms with Gasteiger partial charge in [-0.15, -0.1) is 0 Å². The number of halogens is 4.